The fraction of sp³-hybridized carbons (Fsp3) is 0.500. The summed E-state index contributed by atoms with van der Waals surface area (Å²) >= 11 is 5.15. The third-order valence-electron chi connectivity index (χ3n) is 2.38. The third-order valence-corrected chi connectivity index (χ3v) is 3.88. The standard InChI is InChI=1S/C12H17BrFNS/c1-9(16-2)3-4-15-8-10-5-11(13)7-12(14)6-10/h5-7,9,15H,3-4,8H2,1-2H3. The van der Waals surface area contributed by atoms with E-state index in [1.54, 1.807) is 6.07 Å². The molecular formula is C12H17BrFNS. The summed E-state index contributed by atoms with van der Waals surface area (Å²) in [6, 6.07) is 4.98. The molecule has 1 unspecified atom stereocenters. The number of rotatable bonds is 6. The van der Waals surface area contributed by atoms with Crippen LogP contribution in [0, 0.1) is 5.82 Å². The first-order valence-corrected chi connectivity index (χ1v) is 7.38. The van der Waals surface area contributed by atoms with Gasteiger partial charge in [-0.05, 0) is 43.0 Å². The Hall–Kier alpha value is -0.0600. The van der Waals surface area contributed by atoms with E-state index in [0.717, 1.165) is 29.5 Å². The van der Waals surface area contributed by atoms with Crippen molar-refractivity contribution in [3.05, 3.63) is 34.1 Å². The van der Waals surface area contributed by atoms with Gasteiger partial charge in [-0.15, -0.1) is 0 Å². The molecule has 0 heterocycles. The van der Waals surface area contributed by atoms with Crippen molar-refractivity contribution in [2.75, 3.05) is 12.8 Å². The highest BCUT2D eigenvalue weighted by molar-refractivity contribution is 9.10. The van der Waals surface area contributed by atoms with Gasteiger partial charge in [0.15, 0.2) is 0 Å². The molecule has 0 aliphatic heterocycles. The van der Waals surface area contributed by atoms with Crippen LogP contribution >= 0.6 is 27.7 Å². The second-order valence-electron chi connectivity index (χ2n) is 3.79. The minimum atomic E-state index is -0.191. The third kappa shape index (κ3) is 5.32. The molecule has 0 aliphatic carbocycles. The maximum atomic E-state index is 13.1. The molecule has 0 spiro atoms. The van der Waals surface area contributed by atoms with Gasteiger partial charge in [0.1, 0.15) is 5.82 Å². The average Bonchev–Trinajstić information content (AvgIpc) is 2.22. The lowest BCUT2D eigenvalue weighted by Gasteiger charge is -2.09. The summed E-state index contributed by atoms with van der Waals surface area (Å²) in [7, 11) is 0. The lowest BCUT2D eigenvalue weighted by Crippen LogP contribution is -2.17. The number of nitrogens with one attached hydrogen (secondary N) is 1. The summed E-state index contributed by atoms with van der Waals surface area (Å²) in [6.07, 6.45) is 3.26. The maximum absolute atomic E-state index is 13.1. The molecule has 0 aliphatic rings. The molecule has 0 amide bonds. The van der Waals surface area contributed by atoms with E-state index in [9.17, 15) is 4.39 Å². The van der Waals surface area contributed by atoms with Crippen molar-refractivity contribution in [2.24, 2.45) is 0 Å². The number of benzene rings is 1. The SMILES string of the molecule is CSC(C)CCNCc1cc(F)cc(Br)c1. The molecule has 0 saturated heterocycles. The Morgan fingerprint density at radius 2 is 2.19 bits per heavy atom. The van der Waals surface area contributed by atoms with E-state index in [2.05, 4.69) is 34.4 Å². The Balaban J connectivity index is 2.32. The first-order valence-electron chi connectivity index (χ1n) is 5.30. The van der Waals surface area contributed by atoms with Gasteiger partial charge in [0.2, 0.25) is 0 Å². The average molecular weight is 306 g/mol. The summed E-state index contributed by atoms with van der Waals surface area (Å²) < 4.78 is 13.9. The van der Waals surface area contributed by atoms with Gasteiger partial charge in [-0.2, -0.15) is 11.8 Å². The van der Waals surface area contributed by atoms with E-state index in [1.165, 1.54) is 6.07 Å². The zero-order valence-electron chi connectivity index (χ0n) is 9.59. The zero-order chi connectivity index (χ0) is 12.0. The van der Waals surface area contributed by atoms with Crippen LogP contribution in [0.5, 0.6) is 0 Å². The number of hydrogen-bond acceptors (Lipinski definition) is 2. The van der Waals surface area contributed by atoms with E-state index < -0.39 is 0 Å². The van der Waals surface area contributed by atoms with Crippen molar-refractivity contribution in [2.45, 2.75) is 25.1 Å². The molecular weight excluding hydrogens is 289 g/mol. The summed E-state index contributed by atoms with van der Waals surface area (Å²) in [5.74, 6) is -0.191. The summed E-state index contributed by atoms with van der Waals surface area (Å²) in [4.78, 5) is 0. The molecule has 1 atom stereocenters. The molecule has 0 saturated carbocycles. The predicted molar refractivity (Wildman–Crippen MR) is 73.4 cm³/mol. The summed E-state index contributed by atoms with van der Waals surface area (Å²) in [6.45, 7) is 3.90. The second kappa shape index (κ2) is 7.30. The van der Waals surface area contributed by atoms with Crippen molar-refractivity contribution in [1.29, 1.82) is 0 Å². The van der Waals surface area contributed by atoms with Crippen LogP contribution in [0.4, 0.5) is 4.39 Å². The molecule has 1 nitrogen and oxygen atoms in total. The van der Waals surface area contributed by atoms with Crippen molar-refractivity contribution >= 4 is 27.7 Å². The molecule has 16 heavy (non-hydrogen) atoms. The Bertz CT molecular complexity index is 313. The molecule has 0 aromatic heterocycles. The lowest BCUT2D eigenvalue weighted by molar-refractivity contribution is 0.614. The van der Waals surface area contributed by atoms with Crippen molar-refractivity contribution in [3.8, 4) is 0 Å². The van der Waals surface area contributed by atoms with Crippen LogP contribution in [-0.4, -0.2) is 18.1 Å². The van der Waals surface area contributed by atoms with E-state index in [0.29, 0.717) is 5.25 Å². The van der Waals surface area contributed by atoms with Crippen LogP contribution < -0.4 is 5.32 Å². The summed E-state index contributed by atoms with van der Waals surface area (Å²) in [5, 5.41) is 3.99. The molecule has 0 fully saturated rings. The zero-order valence-corrected chi connectivity index (χ0v) is 12.0. The predicted octanol–water partition coefficient (Wildman–Crippen LogP) is 3.82. The molecule has 1 aromatic carbocycles. The van der Waals surface area contributed by atoms with Gasteiger partial charge in [0.25, 0.3) is 0 Å². The van der Waals surface area contributed by atoms with Gasteiger partial charge in [0, 0.05) is 16.3 Å². The molecule has 1 N–H and O–H groups in total. The maximum Gasteiger partial charge on any atom is 0.124 e. The summed E-state index contributed by atoms with van der Waals surface area (Å²) in [5.41, 5.74) is 0.976. The van der Waals surface area contributed by atoms with Gasteiger partial charge in [0.05, 0.1) is 0 Å². The van der Waals surface area contributed by atoms with Crippen molar-refractivity contribution in [1.82, 2.24) is 5.32 Å². The van der Waals surface area contributed by atoms with Crippen LogP contribution in [0.25, 0.3) is 0 Å². The molecule has 1 aromatic rings. The highest BCUT2D eigenvalue weighted by Gasteiger charge is 2.00. The van der Waals surface area contributed by atoms with E-state index in [1.807, 2.05) is 17.8 Å². The van der Waals surface area contributed by atoms with Crippen molar-refractivity contribution < 1.29 is 4.39 Å². The monoisotopic (exact) mass is 305 g/mol. The van der Waals surface area contributed by atoms with Crippen LogP contribution in [0.2, 0.25) is 0 Å². The van der Waals surface area contributed by atoms with Gasteiger partial charge in [-0.1, -0.05) is 22.9 Å². The fourth-order valence-corrected chi connectivity index (χ4v) is 2.24. The highest BCUT2D eigenvalue weighted by Crippen LogP contribution is 2.15. The molecule has 90 valence electrons. The fourth-order valence-electron chi connectivity index (χ4n) is 1.37. The lowest BCUT2D eigenvalue weighted by atomic mass is 10.2. The topological polar surface area (TPSA) is 12.0 Å². The van der Waals surface area contributed by atoms with Crippen LogP contribution in [0.15, 0.2) is 22.7 Å². The van der Waals surface area contributed by atoms with Gasteiger partial charge in [-0.25, -0.2) is 4.39 Å². The number of halogens is 2. The minimum absolute atomic E-state index is 0.191. The van der Waals surface area contributed by atoms with E-state index in [4.69, 9.17) is 0 Å². The smallest absolute Gasteiger partial charge is 0.124 e. The molecule has 1 rings (SSSR count). The van der Waals surface area contributed by atoms with Gasteiger partial charge < -0.3 is 5.32 Å². The van der Waals surface area contributed by atoms with Crippen LogP contribution in [0.1, 0.15) is 18.9 Å². The highest BCUT2D eigenvalue weighted by atomic mass is 79.9. The Labute approximate surface area is 109 Å². The van der Waals surface area contributed by atoms with Gasteiger partial charge >= 0.3 is 0 Å². The Morgan fingerprint density at radius 1 is 1.44 bits per heavy atom. The van der Waals surface area contributed by atoms with E-state index in [-0.39, 0.29) is 5.82 Å². The number of hydrogen-bond donors (Lipinski definition) is 1. The van der Waals surface area contributed by atoms with Gasteiger partial charge in [-0.3, -0.25) is 0 Å². The molecule has 0 bridgehead atoms. The van der Waals surface area contributed by atoms with E-state index >= 15 is 0 Å². The molecule has 4 heteroatoms. The van der Waals surface area contributed by atoms with Crippen LogP contribution in [-0.2, 0) is 6.54 Å². The number of thioether (sulfide) groups is 1. The Morgan fingerprint density at radius 3 is 2.81 bits per heavy atom. The normalized spacial score (nSPS) is 12.8. The largest absolute Gasteiger partial charge is 0.313 e. The Kier molecular flexibility index (Phi) is 6.39. The minimum Gasteiger partial charge on any atom is -0.313 e. The van der Waals surface area contributed by atoms with Crippen LogP contribution in [0.3, 0.4) is 0 Å². The quantitative estimate of drug-likeness (QED) is 0.802. The first kappa shape index (κ1) is 14.0. The molecule has 0 radical (unpaired) electrons. The second-order valence-corrected chi connectivity index (χ2v) is 5.98. The van der Waals surface area contributed by atoms with Crippen molar-refractivity contribution in [3.63, 3.8) is 0 Å². The first-order chi connectivity index (χ1) is 7.61.